The standard InChI is InChI=1S/C8H16F2N2/c1-8(9,10)4-6-2-3-12-5-7(6)11/h6-7,12H,2-5,11H2,1H3. The van der Waals surface area contributed by atoms with E-state index in [0.29, 0.717) is 6.54 Å². The molecule has 0 saturated carbocycles. The zero-order valence-corrected chi connectivity index (χ0v) is 7.32. The van der Waals surface area contributed by atoms with E-state index in [-0.39, 0.29) is 18.4 Å². The summed E-state index contributed by atoms with van der Waals surface area (Å²) < 4.78 is 25.2. The van der Waals surface area contributed by atoms with Gasteiger partial charge in [0.25, 0.3) is 0 Å². The van der Waals surface area contributed by atoms with Crippen molar-refractivity contribution in [1.29, 1.82) is 0 Å². The molecule has 1 aliphatic rings. The molecule has 2 nitrogen and oxygen atoms in total. The first-order valence-corrected chi connectivity index (χ1v) is 4.33. The molecule has 0 aliphatic carbocycles. The van der Waals surface area contributed by atoms with Gasteiger partial charge in [-0.2, -0.15) is 0 Å². The first-order valence-electron chi connectivity index (χ1n) is 4.33. The number of hydrogen-bond acceptors (Lipinski definition) is 2. The summed E-state index contributed by atoms with van der Waals surface area (Å²) in [6.07, 6.45) is 0.695. The Morgan fingerprint density at radius 2 is 2.25 bits per heavy atom. The molecule has 2 atom stereocenters. The molecule has 0 aromatic rings. The highest BCUT2D eigenvalue weighted by molar-refractivity contribution is 4.83. The summed E-state index contributed by atoms with van der Waals surface area (Å²) in [6.45, 7) is 2.44. The molecule has 1 fully saturated rings. The van der Waals surface area contributed by atoms with Gasteiger partial charge < -0.3 is 11.1 Å². The third-order valence-corrected chi connectivity index (χ3v) is 2.30. The van der Waals surface area contributed by atoms with Crippen LogP contribution in [0.3, 0.4) is 0 Å². The minimum Gasteiger partial charge on any atom is -0.326 e. The fourth-order valence-corrected chi connectivity index (χ4v) is 1.65. The number of piperidine rings is 1. The van der Waals surface area contributed by atoms with E-state index in [2.05, 4.69) is 5.32 Å². The van der Waals surface area contributed by atoms with Crippen molar-refractivity contribution in [2.24, 2.45) is 11.7 Å². The number of hydrogen-bond donors (Lipinski definition) is 2. The van der Waals surface area contributed by atoms with Crippen LogP contribution in [0.4, 0.5) is 8.78 Å². The van der Waals surface area contributed by atoms with Gasteiger partial charge in [-0.25, -0.2) is 8.78 Å². The lowest BCUT2D eigenvalue weighted by Gasteiger charge is -2.30. The summed E-state index contributed by atoms with van der Waals surface area (Å²) in [5, 5.41) is 3.08. The summed E-state index contributed by atoms with van der Waals surface area (Å²) in [6, 6.07) is -0.107. The van der Waals surface area contributed by atoms with E-state index in [1.54, 1.807) is 0 Å². The predicted octanol–water partition coefficient (Wildman–Crippen LogP) is 0.968. The quantitative estimate of drug-likeness (QED) is 0.661. The Hall–Kier alpha value is -0.220. The zero-order valence-electron chi connectivity index (χ0n) is 7.32. The third kappa shape index (κ3) is 3.03. The Morgan fingerprint density at radius 1 is 1.58 bits per heavy atom. The number of alkyl halides is 2. The largest absolute Gasteiger partial charge is 0.326 e. The van der Waals surface area contributed by atoms with Crippen LogP contribution in [0.15, 0.2) is 0 Å². The molecule has 1 heterocycles. The second-order valence-electron chi connectivity index (χ2n) is 3.69. The molecule has 3 N–H and O–H groups in total. The molecule has 0 radical (unpaired) electrons. The van der Waals surface area contributed by atoms with Crippen molar-refractivity contribution in [2.45, 2.75) is 31.7 Å². The molecule has 2 unspecified atom stereocenters. The van der Waals surface area contributed by atoms with Crippen molar-refractivity contribution in [2.75, 3.05) is 13.1 Å². The molecule has 1 aliphatic heterocycles. The Morgan fingerprint density at radius 3 is 2.75 bits per heavy atom. The lowest BCUT2D eigenvalue weighted by Crippen LogP contribution is -2.47. The fraction of sp³-hybridized carbons (Fsp3) is 1.00. The maximum absolute atomic E-state index is 12.6. The summed E-state index contributed by atoms with van der Waals surface area (Å²) in [7, 11) is 0. The zero-order chi connectivity index (χ0) is 9.19. The second-order valence-corrected chi connectivity index (χ2v) is 3.69. The topological polar surface area (TPSA) is 38.0 Å². The molecule has 72 valence electrons. The van der Waals surface area contributed by atoms with Crippen LogP contribution in [0.25, 0.3) is 0 Å². The minimum atomic E-state index is -2.57. The molecule has 0 aromatic heterocycles. The minimum absolute atomic E-state index is 0.0220. The number of nitrogens with one attached hydrogen (secondary N) is 1. The molecule has 0 spiro atoms. The number of halogens is 2. The van der Waals surface area contributed by atoms with Crippen LogP contribution in [-0.4, -0.2) is 25.1 Å². The molecule has 1 rings (SSSR count). The van der Waals surface area contributed by atoms with Gasteiger partial charge >= 0.3 is 0 Å². The Labute approximate surface area is 71.5 Å². The maximum atomic E-state index is 12.6. The third-order valence-electron chi connectivity index (χ3n) is 2.30. The van der Waals surface area contributed by atoms with E-state index >= 15 is 0 Å². The van der Waals surface area contributed by atoms with Crippen LogP contribution in [-0.2, 0) is 0 Å². The molecule has 0 aromatic carbocycles. The molecular weight excluding hydrogens is 162 g/mol. The summed E-state index contributed by atoms with van der Waals surface area (Å²) >= 11 is 0. The van der Waals surface area contributed by atoms with Gasteiger partial charge in [0, 0.05) is 19.0 Å². The summed E-state index contributed by atoms with van der Waals surface area (Å²) in [4.78, 5) is 0. The Bertz CT molecular complexity index is 144. The lowest BCUT2D eigenvalue weighted by molar-refractivity contribution is -0.0105. The maximum Gasteiger partial charge on any atom is 0.245 e. The van der Waals surface area contributed by atoms with Crippen LogP contribution in [0, 0.1) is 5.92 Å². The van der Waals surface area contributed by atoms with Crippen molar-refractivity contribution in [3.63, 3.8) is 0 Å². The second kappa shape index (κ2) is 3.66. The van der Waals surface area contributed by atoms with Gasteiger partial charge in [0.15, 0.2) is 0 Å². The molecule has 1 saturated heterocycles. The van der Waals surface area contributed by atoms with Crippen molar-refractivity contribution in [3.8, 4) is 0 Å². The van der Waals surface area contributed by atoms with Crippen molar-refractivity contribution < 1.29 is 8.78 Å². The smallest absolute Gasteiger partial charge is 0.245 e. The summed E-state index contributed by atoms with van der Waals surface area (Å²) in [5.41, 5.74) is 5.69. The summed E-state index contributed by atoms with van der Waals surface area (Å²) in [5.74, 6) is -2.59. The highest BCUT2D eigenvalue weighted by atomic mass is 19.3. The van der Waals surface area contributed by atoms with Crippen LogP contribution in [0.5, 0.6) is 0 Å². The molecular formula is C8H16F2N2. The average molecular weight is 178 g/mol. The number of rotatable bonds is 2. The van der Waals surface area contributed by atoms with Crippen molar-refractivity contribution >= 4 is 0 Å². The molecule has 0 bridgehead atoms. The Balaban J connectivity index is 2.39. The number of nitrogens with two attached hydrogens (primary N) is 1. The van der Waals surface area contributed by atoms with Crippen LogP contribution in [0.1, 0.15) is 19.8 Å². The van der Waals surface area contributed by atoms with Crippen LogP contribution in [0.2, 0.25) is 0 Å². The lowest BCUT2D eigenvalue weighted by atomic mass is 9.88. The van der Waals surface area contributed by atoms with Gasteiger partial charge in [0.1, 0.15) is 0 Å². The highest BCUT2D eigenvalue weighted by Gasteiger charge is 2.31. The average Bonchev–Trinajstić information content (AvgIpc) is 1.91. The van der Waals surface area contributed by atoms with Gasteiger partial charge in [0.05, 0.1) is 0 Å². The molecule has 0 amide bonds. The van der Waals surface area contributed by atoms with Gasteiger partial charge in [-0.1, -0.05) is 0 Å². The first-order chi connectivity index (χ1) is 5.49. The van der Waals surface area contributed by atoms with Crippen LogP contribution >= 0.6 is 0 Å². The van der Waals surface area contributed by atoms with Gasteiger partial charge in [0.2, 0.25) is 5.92 Å². The van der Waals surface area contributed by atoms with E-state index in [9.17, 15) is 8.78 Å². The molecule has 4 heteroatoms. The monoisotopic (exact) mass is 178 g/mol. The van der Waals surface area contributed by atoms with E-state index < -0.39 is 5.92 Å². The normalized spacial score (nSPS) is 32.0. The SMILES string of the molecule is CC(F)(F)CC1CCNCC1N. The van der Waals surface area contributed by atoms with E-state index in [1.165, 1.54) is 0 Å². The van der Waals surface area contributed by atoms with Crippen molar-refractivity contribution in [1.82, 2.24) is 5.32 Å². The van der Waals surface area contributed by atoms with Crippen LogP contribution < -0.4 is 11.1 Å². The van der Waals surface area contributed by atoms with Gasteiger partial charge in [-0.3, -0.25) is 0 Å². The predicted molar refractivity (Wildman–Crippen MR) is 44.2 cm³/mol. The van der Waals surface area contributed by atoms with Gasteiger partial charge in [-0.15, -0.1) is 0 Å². The van der Waals surface area contributed by atoms with Gasteiger partial charge in [-0.05, 0) is 25.8 Å². The van der Waals surface area contributed by atoms with E-state index in [0.717, 1.165) is 19.9 Å². The fourth-order valence-electron chi connectivity index (χ4n) is 1.65. The molecule has 12 heavy (non-hydrogen) atoms. The Kier molecular flexibility index (Phi) is 3.01. The van der Waals surface area contributed by atoms with E-state index in [4.69, 9.17) is 5.73 Å². The first kappa shape index (κ1) is 9.86. The van der Waals surface area contributed by atoms with Crippen molar-refractivity contribution in [3.05, 3.63) is 0 Å². The highest BCUT2D eigenvalue weighted by Crippen LogP contribution is 2.27. The van der Waals surface area contributed by atoms with E-state index in [1.807, 2.05) is 0 Å².